The molecule has 3 aromatic carbocycles. The third-order valence-corrected chi connectivity index (χ3v) is 6.13. The Morgan fingerprint density at radius 2 is 1.84 bits per heavy atom. The number of nitrogens with one attached hydrogen (secondary N) is 1. The Kier molecular flexibility index (Phi) is 8.91. The van der Waals surface area contributed by atoms with E-state index in [0.717, 1.165) is 16.5 Å². The van der Waals surface area contributed by atoms with Crippen molar-refractivity contribution in [1.29, 1.82) is 0 Å². The standard InChI is InChI=1S/C29H29BrN4O4/c1-4-6-27-33-24-13-10-21(30)16-23(24)29(36)34(27)31-17-20-9-14-25(26(15-20)37-5-2)38-18-28(35)32-22-11-7-19(3)8-12-22/h7-17H,4-6,18H2,1-3H3,(H,32,35). The molecule has 0 saturated carbocycles. The molecular formula is C29H29BrN4O4. The lowest BCUT2D eigenvalue weighted by atomic mass is 10.2. The predicted octanol–water partition coefficient (Wildman–Crippen LogP) is 5.72. The first kappa shape index (κ1) is 27.1. The van der Waals surface area contributed by atoms with E-state index in [1.165, 1.54) is 4.68 Å². The molecule has 4 aromatic rings. The highest BCUT2D eigenvalue weighted by Gasteiger charge is 2.12. The molecule has 38 heavy (non-hydrogen) atoms. The van der Waals surface area contributed by atoms with Gasteiger partial charge in [-0.3, -0.25) is 9.59 Å². The first-order valence-corrected chi connectivity index (χ1v) is 13.2. The van der Waals surface area contributed by atoms with E-state index in [-0.39, 0.29) is 18.1 Å². The number of carbonyl (C=O) groups is 1. The summed E-state index contributed by atoms with van der Waals surface area (Å²) in [6, 6.07) is 18.2. The monoisotopic (exact) mass is 576 g/mol. The molecule has 1 heterocycles. The summed E-state index contributed by atoms with van der Waals surface area (Å²) in [6.45, 7) is 6.12. The number of benzene rings is 3. The van der Waals surface area contributed by atoms with Gasteiger partial charge in [0.2, 0.25) is 0 Å². The Balaban J connectivity index is 1.55. The molecule has 9 heteroatoms. The van der Waals surface area contributed by atoms with Crippen LogP contribution in [0.2, 0.25) is 0 Å². The van der Waals surface area contributed by atoms with Gasteiger partial charge in [0.05, 0.1) is 23.7 Å². The highest BCUT2D eigenvalue weighted by molar-refractivity contribution is 9.10. The average Bonchev–Trinajstić information content (AvgIpc) is 2.90. The van der Waals surface area contributed by atoms with Gasteiger partial charge in [-0.2, -0.15) is 9.78 Å². The van der Waals surface area contributed by atoms with Gasteiger partial charge in [0, 0.05) is 16.6 Å². The molecule has 0 spiro atoms. The van der Waals surface area contributed by atoms with Crippen LogP contribution in [0.1, 0.15) is 37.2 Å². The Bertz CT molecular complexity index is 1530. The summed E-state index contributed by atoms with van der Waals surface area (Å²) in [7, 11) is 0. The van der Waals surface area contributed by atoms with Crippen molar-refractivity contribution in [3.05, 3.63) is 92.4 Å². The molecule has 0 aliphatic heterocycles. The fraction of sp³-hybridized carbons (Fsp3) is 0.241. The van der Waals surface area contributed by atoms with E-state index in [1.807, 2.05) is 57.2 Å². The number of amides is 1. The van der Waals surface area contributed by atoms with E-state index in [9.17, 15) is 9.59 Å². The normalized spacial score (nSPS) is 11.2. The number of aryl methyl sites for hydroxylation is 2. The second-order valence-electron chi connectivity index (χ2n) is 8.64. The van der Waals surface area contributed by atoms with Crippen LogP contribution in [0.5, 0.6) is 11.5 Å². The van der Waals surface area contributed by atoms with E-state index >= 15 is 0 Å². The number of rotatable bonds is 10. The maximum atomic E-state index is 13.2. The maximum Gasteiger partial charge on any atom is 0.282 e. The number of hydrogen-bond donors (Lipinski definition) is 1. The van der Waals surface area contributed by atoms with Crippen molar-refractivity contribution in [3.63, 3.8) is 0 Å². The van der Waals surface area contributed by atoms with Crippen LogP contribution in [0, 0.1) is 6.92 Å². The largest absolute Gasteiger partial charge is 0.490 e. The Hall–Kier alpha value is -3.98. The summed E-state index contributed by atoms with van der Waals surface area (Å²) in [5, 5.41) is 7.77. The molecular weight excluding hydrogens is 548 g/mol. The van der Waals surface area contributed by atoms with Gasteiger partial charge in [0.15, 0.2) is 18.1 Å². The van der Waals surface area contributed by atoms with Gasteiger partial charge in [-0.05, 0) is 74.4 Å². The smallest absolute Gasteiger partial charge is 0.282 e. The summed E-state index contributed by atoms with van der Waals surface area (Å²) in [5.41, 5.74) is 2.92. The van der Waals surface area contributed by atoms with Gasteiger partial charge < -0.3 is 14.8 Å². The first-order valence-electron chi connectivity index (χ1n) is 12.4. The van der Waals surface area contributed by atoms with Crippen LogP contribution >= 0.6 is 15.9 Å². The van der Waals surface area contributed by atoms with E-state index in [1.54, 1.807) is 30.5 Å². The molecule has 1 amide bonds. The highest BCUT2D eigenvalue weighted by Crippen LogP contribution is 2.28. The third kappa shape index (κ3) is 6.66. The molecule has 0 saturated heterocycles. The van der Waals surface area contributed by atoms with Crippen LogP contribution in [0.3, 0.4) is 0 Å². The summed E-state index contributed by atoms with van der Waals surface area (Å²) in [5.74, 6) is 1.22. The van der Waals surface area contributed by atoms with Crippen molar-refractivity contribution < 1.29 is 14.3 Å². The van der Waals surface area contributed by atoms with Gasteiger partial charge >= 0.3 is 0 Å². The molecule has 0 atom stereocenters. The zero-order valence-electron chi connectivity index (χ0n) is 21.5. The van der Waals surface area contributed by atoms with Gasteiger partial charge in [-0.1, -0.05) is 40.5 Å². The van der Waals surface area contributed by atoms with Crippen LogP contribution in [0.15, 0.2) is 75.0 Å². The lowest BCUT2D eigenvalue weighted by Gasteiger charge is -2.13. The number of hydrogen-bond acceptors (Lipinski definition) is 6. The quantitative estimate of drug-likeness (QED) is 0.244. The Labute approximate surface area is 229 Å². The number of carbonyl (C=O) groups excluding carboxylic acids is 1. The van der Waals surface area contributed by atoms with Crippen molar-refractivity contribution in [2.45, 2.75) is 33.6 Å². The van der Waals surface area contributed by atoms with Gasteiger partial charge in [0.1, 0.15) is 5.82 Å². The number of ether oxygens (including phenoxy) is 2. The topological polar surface area (TPSA) is 94.8 Å². The van der Waals surface area contributed by atoms with Crippen LogP contribution in [0.25, 0.3) is 10.9 Å². The van der Waals surface area contributed by atoms with Gasteiger partial charge in [-0.15, -0.1) is 0 Å². The molecule has 0 fully saturated rings. The van der Waals surface area contributed by atoms with Gasteiger partial charge in [0.25, 0.3) is 11.5 Å². The van der Waals surface area contributed by atoms with Crippen LogP contribution < -0.4 is 20.3 Å². The zero-order chi connectivity index (χ0) is 27.1. The highest BCUT2D eigenvalue weighted by atomic mass is 79.9. The lowest BCUT2D eigenvalue weighted by molar-refractivity contribution is -0.118. The average molecular weight is 577 g/mol. The van der Waals surface area contributed by atoms with E-state index in [0.29, 0.717) is 52.5 Å². The molecule has 0 aliphatic carbocycles. The van der Waals surface area contributed by atoms with E-state index in [2.05, 4.69) is 31.3 Å². The number of fused-ring (bicyclic) bond motifs is 1. The van der Waals surface area contributed by atoms with Crippen molar-refractivity contribution in [3.8, 4) is 11.5 Å². The van der Waals surface area contributed by atoms with E-state index < -0.39 is 0 Å². The SMILES string of the molecule is CCCc1nc2ccc(Br)cc2c(=O)n1N=Cc1ccc(OCC(=O)Nc2ccc(C)cc2)c(OCC)c1. The minimum Gasteiger partial charge on any atom is -0.490 e. The van der Waals surface area contributed by atoms with Crippen molar-refractivity contribution in [1.82, 2.24) is 9.66 Å². The minimum absolute atomic E-state index is 0.171. The van der Waals surface area contributed by atoms with E-state index in [4.69, 9.17) is 9.47 Å². The second-order valence-corrected chi connectivity index (χ2v) is 9.56. The Morgan fingerprint density at radius 3 is 2.58 bits per heavy atom. The molecule has 8 nitrogen and oxygen atoms in total. The fourth-order valence-corrected chi connectivity index (χ4v) is 4.15. The summed E-state index contributed by atoms with van der Waals surface area (Å²) in [4.78, 5) is 30.2. The molecule has 1 N–H and O–H groups in total. The fourth-order valence-electron chi connectivity index (χ4n) is 3.79. The van der Waals surface area contributed by atoms with Crippen molar-refractivity contribution >= 4 is 44.6 Å². The molecule has 0 radical (unpaired) electrons. The van der Waals surface area contributed by atoms with Gasteiger partial charge in [-0.25, -0.2) is 4.98 Å². The lowest BCUT2D eigenvalue weighted by Crippen LogP contribution is -2.22. The molecule has 1 aromatic heterocycles. The molecule has 196 valence electrons. The summed E-state index contributed by atoms with van der Waals surface area (Å²) >= 11 is 3.42. The Morgan fingerprint density at radius 1 is 1.05 bits per heavy atom. The van der Waals surface area contributed by atoms with Crippen LogP contribution in [-0.4, -0.2) is 35.0 Å². The molecule has 0 aliphatic rings. The van der Waals surface area contributed by atoms with Crippen LogP contribution in [0.4, 0.5) is 5.69 Å². The summed E-state index contributed by atoms with van der Waals surface area (Å²) in [6.07, 6.45) is 3.02. The number of halogens is 1. The summed E-state index contributed by atoms with van der Waals surface area (Å²) < 4.78 is 13.6. The second kappa shape index (κ2) is 12.5. The number of aromatic nitrogens is 2. The maximum absolute atomic E-state index is 13.2. The third-order valence-electron chi connectivity index (χ3n) is 5.63. The molecule has 0 bridgehead atoms. The molecule has 0 unspecified atom stereocenters. The first-order chi connectivity index (χ1) is 18.4. The zero-order valence-corrected chi connectivity index (χ0v) is 23.1. The minimum atomic E-state index is -0.278. The number of nitrogens with zero attached hydrogens (tertiary/aromatic N) is 3. The predicted molar refractivity (Wildman–Crippen MR) is 154 cm³/mol. The van der Waals surface area contributed by atoms with Crippen molar-refractivity contribution in [2.75, 3.05) is 18.5 Å². The van der Waals surface area contributed by atoms with Crippen molar-refractivity contribution in [2.24, 2.45) is 5.10 Å². The molecule has 4 rings (SSSR count). The van der Waals surface area contributed by atoms with Crippen LogP contribution in [-0.2, 0) is 11.2 Å². The number of anilines is 1.